The molecule has 2 atom stereocenters. The third-order valence-corrected chi connectivity index (χ3v) is 2.60. The summed E-state index contributed by atoms with van der Waals surface area (Å²) in [5.41, 5.74) is 1.06. The molecule has 1 rings (SSSR count). The number of rotatable bonds is 2. The third-order valence-electron chi connectivity index (χ3n) is 2.60. The molecule has 1 aliphatic carbocycles. The van der Waals surface area contributed by atoms with Crippen molar-refractivity contribution >= 4 is 11.8 Å². The Balaban J connectivity index is 2.59. The molecule has 1 saturated carbocycles. The average molecular weight is 196 g/mol. The fourth-order valence-electron chi connectivity index (χ4n) is 1.75. The van der Waals surface area contributed by atoms with Crippen LogP contribution in [0, 0.1) is 5.92 Å². The SMILES string of the molecule is C=C(C)[C@H]1CCC(=O)[C@@H](OC(C)=O)C1. The Morgan fingerprint density at radius 3 is 2.64 bits per heavy atom. The van der Waals surface area contributed by atoms with Gasteiger partial charge < -0.3 is 4.74 Å². The van der Waals surface area contributed by atoms with E-state index in [-0.39, 0.29) is 11.8 Å². The molecule has 0 aromatic carbocycles. The smallest absolute Gasteiger partial charge is 0.303 e. The van der Waals surface area contributed by atoms with Crippen molar-refractivity contribution in [1.29, 1.82) is 0 Å². The minimum atomic E-state index is -0.539. The topological polar surface area (TPSA) is 43.4 Å². The van der Waals surface area contributed by atoms with E-state index in [1.165, 1.54) is 6.92 Å². The summed E-state index contributed by atoms with van der Waals surface area (Å²) >= 11 is 0. The van der Waals surface area contributed by atoms with E-state index in [1.807, 2.05) is 6.92 Å². The van der Waals surface area contributed by atoms with E-state index in [4.69, 9.17) is 4.74 Å². The van der Waals surface area contributed by atoms with Crippen LogP contribution in [0.2, 0.25) is 0 Å². The summed E-state index contributed by atoms with van der Waals surface area (Å²) in [7, 11) is 0. The van der Waals surface area contributed by atoms with Crippen molar-refractivity contribution in [3.8, 4) is 0 Å². The quantitative estimate of drug-likeness (QED) is 0.500. The summed E-state index contributed by atoms with van der Waals surface area (Å²) in [4.78, 5) is 22.1. The molecular weight excluding hydrogens is 180 g/mol. The van der Waals surface area contributed by atoms with Crippen molar-refractivity contribution in [2.24, 2.45) is 5.92 Å². The van der Waals surface area contributed by atoms with Gasteiger partial charge in [-0.15, -0.1) is 0 Å². The monoisotopic (exact) mass is 196 g/mol. The largest absolute Gasteiger partial charge is 0.455 e. The molecule has 1 fully saturated rings. The molecule has 0 heterocycles. The van der Waals surface area contributed by atoms with E-state index in [0.29, 0.717) is 18.8 Å². The lowest BCUT2D eigenvalue weighted by Crippen LogP contribution is -2.33. The van der Waals surface area contributed by atoms with E-state index in [0.717, 1.165) is 12.0 Å². The Hall–Kier alpha value is -1.12. The fraction of sp³-hybridized carbons (Fsp3) is 0.636. The number of hydrogen-bond acceptors (Lipinski definition) is 3. The summed E-state index contributed by atoms with van der Waals surface area (Å²) in [5, 5.41) is 0. The molecule has 0 bridgehead atoms. The first-order chi connectivity index (χ1) is 6.50. The van der Waals surface area contributed by atoms with Crippen molar-refractivity contribution < 1.29 is 14.3 Å². The molecule has 0 aliphatic heterocycles. The van der Waals surface area contributed by atoms with Crippen molar-refractivity contribution in [3.05, 3.63) is 12.2 Å². The van der Waals surface area contributed by atoms with Gasteiger partial charge in [0.15, 0.2) is 11.9 Å². The average Bonchev–Trinajstić information content (AvgIpc) is 2.07. The molecule has 78 valence electrons. The summed E-state index contributed by atoms with van der Waals surface area (Å²) < 4.78 is 4.95. The number of carbonyl (C=O) groups is 2. The standard InChI is InChI=1S/C11H16O3/c1-7(2)9-4-5-10(13)11(6-9)14-8(3)12/h9,11H,1,4-6H2,2-3H3/t9-,11-/m0/s1. The highest BCUT2D eigenvalue weighted by molar-refractivity contribution is 5.86. The predicted molar refractivity (Wildman–Crippen MR) is 52.7 cm³/mol. The zero-order valence-corrected chi connectivity index (χ0v) is 8.71. The van der Waals surface area contributed by atoms with Crippen LogP contribution >= 0.6 is 0 Å². The van der Waals surface area contributed by atoms with Gasteiger partial charge in [0.2, 0.25) is 0 Å². The van der Waals surface area contributed by atoms with Gasteiger partial charge in [0.25, 0.3) is 0 Å². The van der Waals surface area contributed by atoms with Gasteiger partial charge in [-0.3, -0.25) is 9.59 Å². The van der Waals surface area contributed by atoms with Crippen LogP contribution in [0.15, 0.2) is 12.2 Å². The summed E-state index contributed by atoms with van der Waals surface area (Å²) in [6.45, 7) is 7.15. The van der Waals surface area contributed by atoms with Gasteiger partial charge in [0.1, 0.15) is 0 Å². The molecule has 0 saturated heterocycles. The second kappa shape index (κ2) is 4.40. The number of Topliss-reactive ketones (excluding diaryl/α,β-unsaturated/α-hetero) is 1. The van der Waals surface area contributed by atoms with Crippen LogP contribution in [0.4, 0.5) is 0 Å². The van der Waals surface area contributed by atoms with Crippen molar-refractivity contribution in [2.75, 3.05) is 0 Å². The van der Waals surface area contributed by atoms with Crippen LogP contribution in [-0.4, -0.2) is 17.9 Å². The molecular formula is C11H16O3. The molecule has 3 heteroatoms. The van der Waals surface area contributed by atoms with Gasteiger partial charge in [-0.2, -0.15) is 0 Å². The number of hydrogen-bond donors (Lipinski definition) is 0. The van der Waals surface area contributed by atoms with Crippen LogP contribution in [0.3, 0.4) is 0 Å². The Labute approximate surface area is 84.1 Å². The van der Waals surface area contributed by atoms with E-state index < -0.39 is 6.10 Å². The first kappa shape index (κ1) is 11.0. The molecule has 3 nitrogen and oxygen atoms in total. The molecule has 0 aromatic heterocycles. The highest BCUT2D eigenvalue weighted by Gasteiger charge is 2.30. The molecule has 1 aliphatic rings. The minimum absolute atomic E-state index is 0.0395. The normalized spacial score (nSPS) is 27.1. The zero-order valence-electron chi connectivity index (χ0n) is 8.71. The predicted octanol–water partition coefficient (Wildman–Crippen LogP) is 1.86. The Bertz CT molecular complexity index is 268. The molecule has 0 unspecified atom stereocenters. The number of esters is 1. The lowest BCUT2D eigenvalue weighted by atomic mass is 9.82. The van der Waals surface area contributed by atoms with E-state index in [2.05, 4.69) is 6.58 Å². The number of carbonyl (C=O) groups excluding carboxylic acids is 2. The maximum absolute atomic E-state index is 11.4. The molecule has 0 aromatic rings. The molecule has 0 N–H and O–H groups in total. The Kier molecular flexibility index (Phi) is 3.44. The summed E-state index contributed by atoms with van der Waals surface area (Å²) in [6.07, 6.45) is 1.40. The fourth-order valence-corrected chi connectivity index (χ4v) is 1.75. The lowest BCUT2D eigenvalue weighted by Gasteiger charge is -2.27. The zero-order chi connectivity index (χ0) is 10.7. The van der Waals surface area contributed by atoms with Gasteiger partial charge in [-0.25, -0.2) is 0 Å². The van der Waals surface area contributed by atoms with Crippen LogP contribution in [0.1, 0.15) is 33.1 Å². The molecule has 0 amide bonds. The summed E-state index contributed by atoms with van der Waals surface area (Å²) in [6, 6.07) is 0. The van der Waals surface area contributed by atoms with Crippen molar-refractivity contribution in [3.63, 3.8) is 0 Å². The van der Waals surface area contributed by atoms with E-state index >= 15 is 0 Å². The van der Waals surface area contributed by atoms with Crippen LogP contribution in [-0.2, 0) is 14.3 Å². The summed E-state index contributed by atoms with van der Waals surface area (Å²) in [5.74, 6) is -0.0273. The molecule has 14 heavy (non-hydrogen) atoms. The first-order valence-corrected chi connectivity index (χ1v) is 4.86. The lowest BCUT2D eigenvalue weighted by molar-refractivity contribution is -0.155. The van der Waals surface area contributed by atoms with E-state index in [1.54, 1.807) is 0 Å². The third kappa shape index (κ3) is 2.69. The second-order valence-corrected chi connectivity index (χ2v) is 3.88. The maximum Gasteiger partial charge on any atom is 0.303 e. The van der Waals surface area contributed by atoms with Gasteiger partial charge in [0.05, 0.1) is 0 Å². The number of ketones is 1. The highest BCUT2D eigenvalue weighted by Crippen LogP contribution is 2.28. The van der Waals surface area contributed by atoms with Crippen LogP contribution in [0.5, 0.6) is 0 Å². The number of ether oxygens (including phenoxy) is 1. The minimum Gasteiger partial charge on any atom is -0.455 e. The number of allylic oxidation sites excluding steroid dienone is 1. The van der Waals surface area contributed by atoms with Gasteiger partial charge in [-0.05, 0) is 25.7 Å². The van der Waals surface area contributed by atoms with Gasteiger partial charge in [0, 0.05) is 13.3 Å². The van der Waals surface area contributed by atoms with Crippen LogP contribution in [0.25, 0.3) is 0 Å². The second-order valence-electron chi connectivity index (χ2n) is 3.88. The van der Waals surface area contributed by atoms with Crippen molar-refractivity contribution in [2.45, 2.75) is 39.2 Å². The molecule has 0 spiro atoms. The Morgan fingerprint density at radius 1 is 1.50 bits per heavy atom. The molecule has 0 radical (unpaired) electrons. The van der Waals surface area contributed by atoms with E-state index in [9.17, 15) is 9.59 Å². The van der Waals surface area contributed by atoms with Crippen molar-refractivity contribution in [1.82, 2.24) is 0 Å². The maximum atomic E-state index is 11.4. The highest BCUT2D eigenvalue weighted by atomic mass is 16.5. The van der Waals surface area contributed by atoms with Gasteiger partial charge in [-0.1, -0.05) is 12.2 Å². The first-order valence-electron chi connectivity index (χ1n) is 4.86. The Morgan fingerprint density at radius 2 is 2.14 bits per heavy atom. The van der Waals surface area contributed by atoms with Gasteiger partial charge >= 0.3 is 5.97 Å². The van der Waals surface area contributed by atoms with Crippen LogP contribution < -0.4 is 0 Å².